The largest absolute Gasteiger partial charge is 0.494 e. The molecule has 0 saturated heterocycles. The fraction of sp³-hybridized carbons (Fsp3) is 0.316. The zero-order valence-electron chi connectivity index (χ0n) is 15.6. The minimum atomic E-state index is -0.707. The molecular formula is C19H19N3O6. The third kappa shape index (κ3) is 3.71. The fourth-order valence-electron chi connectivity index (χ4n) is 2.79. The van der Waals surface area contributed by atoms with E-state index in [0.29, 0.717) is 6.42 Å². The van der Waals surface area contributed by atoms with Crippen LogP contribution in [-0.4, -0.2) is 27.0 Å². The molecule has 1 aromatic carbocycles. The molecular weight excluding hydrogens is 366 g/mol. The second kappa shape index (κ2) is 8.35. The zero-order chi connectivity index (χ0) is 21.0. The maximum absolute atomic E-state index is 12.7. The van der Waals surface area contributed by atoms with E-state index in [1.807, 2.05) is 0 Å². The number of ketones is 1. The van der Waals surface area contributed by atoms with E-state index in [-0.39, 0.29) is 28.1 Å². The van der Waals surface area contributed by atoms with E-state index in [1.54, 1.807) is 19.9 Å². The van der Waals surface area contributed by atoms with Crippen molar-refractivity contribution in [3.8, 4) is 17.7 Å². The number of benzene rings is 1. The molecule has 0 bridgehead atoms. The molecule has 2 rings (SSSR count). The lowest BCUT2D eigenvalue weighted by Crippen LogP contribution is -2.29. The first kappa shape index (κ1) is 20.6. The number of Topliss-reactive ketones (excluding diaryl/α,β-unsaturated/α-hetero) is 1. The van der Waals surface area contributed by atoms with Gasteiger partial charge in [-0.15, -0.1) is 0 Å². The maximum Gasteiger partial charge on any atom is 0.310 e. The number of nitro benzene ring substituents is 1. The second-order valence-corrected chi connectivity index (χ2v) is 6.18. The predicted octanol–water partition coefficient (Wildman–Crippen LogP) is 2.87. The topological polar surface area (TPSA) is 135 Å². The number of nitro groups is 1. The van der Waals surface area contributed by atoms with E-state index in [2.05, 4.69) is 0 Å². The van der Waals surface area contributed by atoms with Crippen LogP contribution < -0.4 is 10.3 Å². The van der Waals surface area contributed by atoms with Crippen molar-refractivity contribution < 1.29 is 19.6 Å². The lowest BCUT2D eigenvalue weighted by Gasteiger charge is -2.19. The van der Waals surface area contributed by atoms with Gasteiger partial charge in [-0.25, -0.2) is 0 Å². The molecule has 0 aliphatic heterocycles. The Hall–Kier alpha value is -3.67. The highest BCUT2D eigenvalue weighted by Gasteiger charge is 2.26. The molecule has 1 unspecified atom stereocenters. The van der Waals surface area contributed by atoms with E-state index in [1.165, 1.54) is 31.2 Å². The second-order valence-electron chi connectivity index (χ2n) is 6.18. The number of hydrogen-bond donors (Lipinski definition) is 1. The Kier molecular flexibility index (Phi) is 6.15. The van der Waals surface area contributed by atoms with Crippen molar-refractivity contribution in [2.75, 3.05) is 6.61 Å². The van der Waals surface area contributed by atoms with Crippen LogP contribution in [-0.2, 0) is 0 Å². The lowest BCUT2D eigenvalue weighted by molar-refractivity contribution is -0.385. The van der Waals surface area contributed by atoms with E-state index in [0.717, 1.165) is 4.57 Å². The summed E-state index contributed by atoms with van der Waals surface area (Å²) in [5.41, 5.74) is -1.40. The third-order valence-corrected chi connectivity index (χ3v) is 4.48. The number of hydrogen-bond acceptors (Lipinski definition) is 7. The molecule has 2 aromatic rings. The number of para-hydroxylation sites is 2. The summed E-state index contributed by atoms with van der Waals surface area (Å²) in [7, 11) is 0. The van der Waals surface area contributed by atoms with E-state index in [9.17, 15) is 30.1 Å². The first-order valence-electron chi connectivity index (χ1n) is 8.52. The number of ether oxygens (including phenoxy) is 1. The highest BCUT2D eigenvalue weighted by Crippen LogP contribution is 2.28. The molecule has 28 heavy (non-hydrogen) atoms. The summed E-state index contributed by atoms with van der Waals surface area (Å²) < 4.78 is 6.29. The summed E-state index contributed by atoms with van der Waals surface area (Å²) in [5, 5.41) is 30.9. The summed E-state index contributed by atoms with van der Waals surface area (Å²) in [4.78, 5) is 35.6. The van der Waals surface area contributed by atoms with Gasteiger partial charge >= 0.3 is 5.69 Å². The molecule has 9 nitrogen and oxygen atoms in total. The molecule has 1 aromatic heterocycles. The SMILES string of the molecule is CCC(C)n1c(O)c(C(=O)COc2ccccc2[N+](=O)[O-])c(C)c(C#N)c1=O. The molecule has 0 spiro atoms. The zero-order valence-corrected chi connectivity index (χ0v) is 15.6. The molecule has 0 amide bonds. The molecule has 0 saturated carbocycles. The van der Waals surface area contributed by atoms with Crippen molar-refractivity contribution in [3.05, 3.63) is 61.4 Å². The van der Waals surface area contributed by atoms with Crippen LogP contribution in [0.2, 0.25) is 0 Å². The molecule has 0 radical (unpaired) electrons. The normalized spacial score (nSPS) is 11.5. The van der Waals surface area contributed by atoms with Crippen molar-refractivity contribution in [1.82, 2.24) is 4.57 Å². The Morgan fingerprint density at radius 2 is 2.07 bits per heavy atom. The van der Waals surface area contributed by atoms with E-state index >= 15 is 0 Å². The van der Waals surface area contributed by atoms with Gasteiger partial charge in [0.05, 0.1) is 10.5 Å². The van der Waals surface area contributed by atoms with Crippen LogP contribution in [0, 0.1) is 28.4 Å². The van der Waals surface area contributed by atoms with Crippen molar-refractivity contribution in [3.63, 3.8) is 0 Å². The van der Waals surface area contributed by atoms with Gasteiger partial charge in [0.1, 0.15) is 11.6 Å². The van der Waals surface area contributed by atoms with E-state index < -0.39 is 34.8 Å². The molecule has 146 valence electrons. The van der Waals surface area contributed by atoms with Crippen LogP contribution >= 0.6 is 0 Å². The molecule has 1 heterocycles. The van der Waals surface area contributed by atoms with Crippen molar-refractivity contribution in [2.45, 2.75) is 33.2 Å². The van der Waals surface area contributed by atoms with Crippen LogP contribution in [0.1, 0.15) is 47.8 Å². The summed E-state index contributed by atoms with van der Waals surface area (Å²) in [6, 6.07) is 6.90. The number of pyridine rings is 1. The summed E-state index contributed by atoms with van der Waals surface area (Å²) in [5.74, 6) is -1.36. The van der Waals surface area contributed by atoms with Crippen LogP contribution in [0.3, 0.4) is 0 Å². The number of rotatable bonds is 7. The first-order valence-corrected chi connectivity index (χ1v) is 8.52. The van der Waals surface area contributed by atoms with Gasteiger partial charge in [-0.3, -0.25) is 24.3 Å². The molecule has 9 heteroatoms. The smallest absolute Gasteiger partial charge is 0.310 e. The lowest BCUT2D eigenvalue weighted by atomic mass is 10.0. The third-order valence-electron chi connectivity index (χ3n) is 4.48. The minimum Gasteiger partial charge on any atom is -0.494 e. The van der Waals surface area contributed by atoms with Gasteiger partial charge < -0.3 is 9.84 Å². The molecule has 1 N–H and O–H groups in total. The average molecular weight is 385 g/mol. The van der Waals surface area contributed by atoms with Crippen LogP contribution in [0.15, 0.2) is 29.1 Å². The van der Waals surface area contributed by atoms with Gasteiger partial charge in [0.25, 0.3) is 5.56 Å². The number of nitrogens with zero attached hydrogens (tertiary/aromatic N) is 3. The van der Waals surface area contributed by atoms with Crippen LogP contribution in [0.4, 0.5) is 5.69 Å². The summed E-state index contributed by atoms with van der Waals surface area (Å²) in [6.07, 6.45) is 0.488. The van der Waals surface area contributed by atoms with E-state index in [4.69, 9.17) is 4.74 Å². The first-order chi connectivity index (χ1) is 13.2. The number of aromatic nitrogens is 1. The van der Waals surface area contributed by atoms with Crippen molar-refractivity contribution in [1.29, 1.82) is 5.26 Å². The van der Waals surface area contributed by atoms with Gasteiger partial charge in [0.15, 0.2) is 12.4 Å². The van der Waals surface area contributed by atoms with Gasteiger partial charge in [0, 0.05) is 12.1 Å². The number of aromatic hydroxyl groups is 1. The minimum absolute atomic E-state index is 0.0423. The highest BCUT2D eigenvalue weighted by molar-refractivity contribution is 6.01. The Bertz CT molecular complexity index is 1040. The Morgan fingerprint density at radius 1 is 1.43 bits per heavy atom. The van der Waals surface area contributed by atoms with Gasteiger partial charge in [-0.1, -0.05) is 19.1 Å². The summed E-state index contributed by atoms with van der Waals surface area (Å²) in [6.45, 7) is 4.25. The van der Waals surface area contributed by atoms with Crippen molar-refractivity contribution in [2.24, 2.45) is 0 Å². The van der Waals surface area contributed by atoms with Gasteiger partial charge in [-0.2, -0.15) is 5.26 Å². The molecule has 0 aliphatic carbocycles. The highest BCUT2D eigenvalue weighted by atomic mass is 16.6. The fourth-order valence-corrected chi connectivity index (χ4v) is 2.79. The number of nitriles is 1. The van der Waals surface area contributed by atoms with Gasteiger partial charge in [0.2, 0.25) is 11.7 Å². The predicted molar refractivity (Wildman–Crippen MR) is 99.7 cm³/mol. The average Bonchev–Trinajstić information content (AvgIpc) is 2.66. The molecule has 0 fully saturated rings. The summed E-state index contributed by atoms with van der Waals surface area (Å²) >= 11 is 0. The molecule has 0 aliphatic rings. The van der Waals surface area contributed by atoms with Crippen LogP contribution in [0.25, 0.3) is 0 Å². The maximum atomic E-state index is 12.7. The van der Waals surface area contributed by atoms with Crippen LogP contribution in [0.5, 0.6) is 11.6 Å². The Labute approximate surface area is 160 Å². The molecule has 1 atom stereocenters. The Balaban J connectivity index is 2.48. The number of carbonyl (C=O) groups is 1. The Morgan fingerprint density at radius 3 is 2.64 bits per heavy atom. The number of carbonyl (C=O) groups excluding carboxylic acids is 1. The quantitative estimate of drug-likeness (QED) is 0.440. The van der Waals surface area contributed by atoms with Crippen molar-refractivity contribution >= 4 is 11.5 Å². The monoisotopic (exact) mass is 385 g/mol. The standard InChI is InChI=1S/C19H19N3O6/c1-4-11(2)21-18(24)13(9-20)12(3)17(19(21)25)15(23)10-28-16-8-6-5-7-14(16)22(26)27/h5-8,11,25H,4,10H2,1-3H3. The van der Waals surface area contributed by atoms with Gasteiger partial charge in [-0.05, 0) is 31.9 Å².